The summed E-state index contributed by atoms with van der Waals surface area (Å²) in [6.45, 7) is 7.87. The van der Waals surface area contributed by atoms with E-state index in [1.165, 1.54) is 16.9 Å². The second kappa shape index (κ2) is 10.0. The smallest absolute Gasteiger partial charge is 0.256 e. The van der Waals surface area contributed by atoms with Gasteiger partial charge < -0.3 is 14.6 Å². The molecule has 4 heterocycles. The van der Waals surface area contributed by atoms with Gasteiger partial charge in [0.2, 0.25) is 0 Å². The topological polar surface area (TPSA) is 70.0 Å². The first-order chi connectivity index (χ1) is 17.0. The van der Waals surface area contributed by atoms with Crippen LogP contribution in [-0.2, 0) is 6.54 Å². The Hall–Kier alpha value is -3.49. The van der Waals surface area contributed by atoms with Gasteiger partial charge in [-0.1, -0.05) is 32.0 Å². The number of hydrogen-bond donors (Lipinski definition) is 1. The molecule has 0 spiro atoms. The fourth-order valence-electron chi connectivity index (χ4n) is 4.34. The Morgan fingerprint density at radius 1 is 1.03 bits per heavy atom. The number of carbonyl (C=O) groups excluding carboxylic acids is 2. The molecule has 5 rings (SSSR count). The standard InChI is InChI=1S/C27H29N5O2S/c1-19(2)20-6-8-21(9-7-20)25(33)29-26-23(10-16-35-26)27(34)31-14-12-30(13-15-31)17-22-18-32-11-4-3-5-24(32)28-22/h3-11,16,18-19H,12-15,17H2,1-2H3,(H,29,33). The predicted molar refractivity (Wildman–Crippen MR) is 139 cm³/mol. The van der Waals surface area contributed by atoms with Crippen molar-refractivity contribution in [2.45, 2.75) is 26.3 Å². The third kappa shape index (κ3) is 5.13. The van der Waals surface area contributed by atoms with Crippen LogP contribution >= 0.6 is 11.3 Å². The van der Waals surface area contributed by atoms with Crippen LogP contribution in [0.4, 0.5) is 5.00 Å². The fraction of sp³-hybridized carbons (Fsp3) is 0.296. The normalized spacial score (nSPS) is 14.5. The summed E-state index contributed by atoms with van der Waals surface area (Å²) in [5.74, 6) is 0.173. The first-order valence-corrected chi connectivity index (χ1v) is 12.8. The van der Waals surface area contributed by atoms with E-state index >= 15 is 0 Å². The monoisotopic (exact) mass is 487 g/mol. The number of carbonyl (C=O) groups is 2. The van der Waals surface area contributed by atoms with E-state index in [1.54, 1.807) is 6.07 Å². The molecule has 7 nitrogen and oxygen atoms in total. The summed E-state index contributed by atoms with van der Waals surface area (Å²) in [6.07, 6.45) is 4.06. The molecule has 1 fully saturated rings. The maximum absolute atomic E-state index is 13.2. The van der Waals surface area contributed by atoms with Crippen molar-refractivity contribution < 1.29 is 9.59 Å². The lowest BCUT2D eigenvalue weighted by Crippen LogP contribution is -2.48. The highest BCUT2D eigenvalue weighted by atomic mass is 32.1. The van der Waals surface area contributed by atoms with Crippen molar-refractivity contribution in [1.29, 1.82) is 0 Å². The zero-order valence-corrected chi connectivity index (χ0v) is 20.8. The number of benzene rings is 1. The van der Waals surface area contributed by atoms with E-state index in [0.717, 1.165) is 31.0 Å². The fourth-order valence-corrected chi connectivity index (χ4v) is 5.12. The zero-order chi connectivity index (χ0) is 24.4. The van der Waals surface area contributed by atoms with Gasteiger partial charge in [-0.2, -0.15) is 0 Å². The molecule has 1 N–H and O–H groups in total. The lowest BCUT2D eigenvalue weighted by molar-refractivity contribution is 0.0628. The lowest BCUT2D eigenvalue weighted by atomic mass is 10.0. The minimum Gasteiger partial charge on any atom is -0.336 e. The molecule has 1 saturated heterocycles. The van der Waals surface area contributed by atoms with Gasteiger partial charge in [-0.15, -0.1) is 11.3 Å². The maximum atomic E-state index is 13.2. The maximum Gasteiger partial charge on any atom is 0.256 e. The largest absolute Gasteiger partial charge is 0.336 e. The van der Waals surface area contributed by atoms with Crippen LogP contribution in [0, 0.1) is 0 Å². The van der Waals surface area contributed by atoms with Crippen LogP contribution in [0.25, 0.3) is 5.65 Å². The third-order valence-corrected chi connectivity index (χ3v) is 7.25. The molecule has 1 aromatic carbocycles. The zero-order valence-electron chi connectivity index (χ0n) is 20.0. The Balaban J connectivity index is 1.18. The Bertz CT molecular complexity index is 1300. The molecule has 8 heteroatoms. The Kier molecular flexibility index (Phi) is 6.66. The van der Waals surface area contributed by atoms with E-state index in [1.807, 2.05) is 63.3 Å². The summed E-state index contributed by atoms with van der Waals surface area (Å²) in [5.41, 5.74) is 4.30. The molecule has 0 unspecified atom stereocenters. The lowest BCUT2D eigenvalue weighted by Gasteiger charge is -2.34. The number of fused-ring (bicyclic) bond motifs is 1. The second-order valence-corrected chi connectivity index (χ2v) is 10.1. The van der Waals surface area contributed by atoms with Gasteiger partial charge in [0.25, 0.3) is 11.8 Å². The summed E-state index contributed by atoms with van der Waals surface area (Å²) in [6, 6.07) is 15.4. The number of amides is 2. The van der Waals surface area contributed by atoms with E-state index in [-0.39, 0.29) is 11.8 Å². The van der Waals surface area contributed by atoms with Crippen molar-refractivity contribution in [2.75, 3.05) is 31.5 Å². The Labute approximate surface area is 209 Å². The van der Waals surface area contributed by atoms with Crippen LogP contribution in [-0.4, -0.2) is 57.2 Å². The number of piperazine rings is 1. The SMILES string of the molecule is CC(C)c1ccc(C(=O)Nc2sccc2C(=O)N2CCN(Cc3cn4ccccc4n3)CC2)cc1. The van der Waals surface area contributed by atoms with E-state index in [9.17, 15) is 9.59 Å². The number of hydrogen-bond acceptors (Lipinski definition) is 5. The third-order valence-electron chi connectivity index (χ3n) is 6.42. The number of aromatic nitrogens is 2. The van der Waals surface area contributed by atoms with E-state index in [2.05, 4.69) is 35.2 Å². The number of thiophene rings is 1. The van der Waals surface area contributed by atoms with Crippen molar-refractivity contribution in [3.05, 3.63) is 88.7 Å². The van der Waals surface area contributed by atoms with Gasteiger partial charge in [0, 0.05) is 50.7 Å². The van der Waals surface area contributed by atoms with Crippen molar-refractivity contribution >= 4 is 33.8 Å². The quantitative estimate of drug-likeness (QED) is 0.427. The molecule has 3 aromatic heterocycles. The highest BCUT2D eigenvalue weighted by Gasteiger charge is 2.25. The Morgan fingerprint density at radius 2 is 1.80 bits per heavy atom. The second-order valence-electron chi connectivity index (χ2n) is 9.16. The van der Waals surface area contributed by atoms with Crippen molar-refractivity contribution in [3.8, 4) is 0 Å². The number of rotatable bonds is 6. The van der Waals surface area contributed by atoms with Gasteiger partial charge in [0.15, 0.2) is 0 Å². The predicted octanol–water partition coefficient (Wildman–Crippen LogP) is 4.73. The van der Waals surface area contributed by atoms with Crippen LogP contribution < -0.4 is 5.32 Å². The number of imidazole rings is 1. The van der Waals surface area contributed by atoms with Gasteiger partial charge in [0.1, 0.15) is 10.6 Å². The summed E-state index contributed by atoms with van der Waals surface area (Å²) in [7, 11) is 0. The molecular formula is C27H29N5O2S. The molecule has 4 aromatic rings. The highest BCUT2D eigenvalue weighted by Crippen LogP contribution is 2.26. The van der Waals surface area contributed by atoms with E-state index < -0.39 is 0 Å². The van der Waals surface area contributed by atoms with Gasteiger partial charge in [-0.3, -0.25) is 14.5 Å². The number of nitrogens with one attached hydrogen (secondary N) is 1. The average molecular weight is 488 g/mol. The van der Waals surface area contributed by atoms with Crippen LogP contribution in [0.1, 0.15) is 51.7 Å². The van der Waals surface area contributed by atoms with Gasteiger partial charge in [-0.25, -0.2) is 4.98 Å². The highest BCUT2D eigenvalue weighted by molar-refractivity contribution is 7.14. The van der Waals surface area contributed by atoms with Gasteiger partial charge in [0.05, 0.1) is 11.3 Å². The van der Waals surface area contributed by atoms with Gasteiger partial charge in [-0.05, 0) is 47.2 Å². The molecule has 2 amide bonds. The molecule has 0 radical (unpaired) electrons. The molecule has 1 aliphatic heterocycles. The van der Waals surface area contributed by atoms with Crippen LogP contribution in [0.5, 0.6) is 0 Å². The summed E-state index contributed by atoms with van der Waals surface area (Å²) < 4.78 is 2.03. The molecule has 35 heavy (non-hydrogen) atoms. The van der Waals surface area contributed by atoms with E-state index in [4.69, 9.17) is 0 Å². The number of nitrogens with zero attached hydrogens (tertiary/aromatic N) is 4. The molecule has 180 valence electrons. The molecule has 0 bridgehead atoms. The summed E-state index contributed by atoms with van der Waals surface area (Å²) in [4.78, 5) is 34.9. The minimum atomic E-state index is -0.200. The first kappa shape index (κ1) is 23.3. The van der Waals surface area contributed by atoms with Crippen LogP contribution in [0.3, 0.4) is 0 Å². The Morgan fingerprint density at radius 3 is 2.51 bits per heavy atom. The number of pyridine rings is 1. The average Bonchev–Trinajstić information content (AvgIpc) is 3.50. The molecule has 1 aliphatic rings. The summed E-state index contributed by atoms with van der Waals surface area (Å²) in [5, 5.41) is 5.39. The molecule has 0 atom stereocenters. The van der Waals surface area contributed by atoms with E-state index in [0.29, 0.717) is 35.1 Å². The number of anilines is 1. The molecular weight excluding hydrogens is 458 g/mol. The first-order valence-electron chi connectivity index (χ1n) is 11.9. The van der Waals surface area contributed by atoms with Crippen molar-refractivity contribution in [1.82, 2.24) is 19.2 Å². The van der Waals surface area contributed by atoms with Crippen LogP contribution in [0.2, 0.25) is 0 Å². The minimum absolute atomic E-state index is 0.0379. The van der Waals surface area contributed by atoms with Crippen LogP contribution in [0.15, 0.2) is 66.3 Å². The van der Waals surface area contributed by atoms with Crippen molar-refractivity contribution in [2.24, 2.45) is 0 Å². The van der Waals surface area contributed by atoms with Crippen molar-refractivity contribution in [3.63, 3.8) is 0 Å². The summed E-state index contributed by atoms with van der Waals surface area (Å²) >= 11 is 1.38. The van der Waals surface area contributed by atoms with Gasteiger partial charge >= 0.3 is 0 Å². The molecule has 0 saturated carbocycles. The molecule has 0 aliphatic carbocycles.